The van der Waals surface area contributed by atoms with Crippen LogP contribution in [-0.2, 0) is 10.8 Å². The smallest absolute Gasteiger partial charge is 0.266 e. The Morgan fingerprint density at radius 2 is 0.694 bits per heavy atom. The Bertz CT molecular complexity index is 3470. The highest BCUT2D eigenvalue weighted by atomic mass is 16.5. The Morgan fingerprint density at radius 1 is 0.347 bits per heavy atom. The number of nitrogens with zero attached hydrogens (tertiary/aromatic N) is 2. The molecular formula is C62H52N2O8. The van der Waals surface area contributed by atoms with Gasteiger partial charge in [0, 0.05) is 17.9 Å². The van der Waals surface area contributed by atoms with Gasteiger partial charge in [0.1, 0.15) is 46.0 Å². The third kappa shape index (κ3) is 8.76. The van der Waals surface area contributed by atoms with E-state index < -0.39 is 11.8 Å². The summed E-state index contributed by atoms with van der Waals surface area (Å²) in [7, 11) is 1.47. The van der Waals surface area contributed by atoms with E-state index >= 15 is 0 Å². The van der Waals surface area contributed by atoms with Crippen molar-refractivity contribution in [3.8, 4) is 46.0 Å². The molecule has 8 aromatic carbocycles. The highest BCUT2D eigenvalue weighted by Crippen LogP contribution is 2.40. The topological polar surface area (TPSA) is 112 Å². The first-order chi connectivity index (χ1) is 34.4. The molecule has 72 heavy (non-hydrogen) atoms. The van der Waals surface area contributed by atoms with E-state index in [4.69, 9.17) is 18.9 Å². The molecule has 0 saturated carbocycles. The fraction of sp³-hybridized carbons (Fsp3) is 0.161. The van der Waals surface area contributed by atoms with Crippen molar-refractivity contribution in [3.63, 3.8) is 0 Å². The van der Waals surface area contributed by atoms with Crippen molar-refractivity contribution in [2.75, 3.05) is 11.9 Å². The first kappa shape index (κ1) is 46.9. The fourth-order valence-corrected chi connectivity index (χ4v) is 9.24. The number of amides is 4. The van der Waals surface area contributed by atoms with Crippen LogP contribution in [-0.4, -0.2) is 35.6 Å². The summed E-state index contributed by atoms with van der Waals surface area (Å²) >= 11 is 0. The van der Waals surface area contributed by atoms with Crippen LogP contribution in [0.3, 0.4) is 0 Å². The molecule has 2 heterocycles. The lowest BCUT2D eigenvalue weighted by atomic mass is 9.77. The minimum absolute atomic E-state index is 0.260. The molecule has 0 radical (unpaired) electrons. The Balaban J connectivity index is 0.759. The van der Waals surface area contributed by atoms with Crippen LogP contribution >= 0.6 is 0 Å². The number of rotatable bonds is 13. The molecule has 4 amide bonds. The average molecular weight is 953 g/mol. The predicted octanol–water partition coefficient (Wildman–Crippen LogP) is 14.5. The minimum Gasteiger partial charge on any atom is -0.457 e. The highest BCUT2D eigenvalue weighted by Gasteiger charge is 2.37. The molecule has 0 bridgehead atoms. The maximum atomic E-state index is 13.8. The van der Waals surface area contributed by atoms with Crippen LogP contribution in [0.2, 0.25) is 0 Å². The maximum Gasteiger partial charge on any atom is 0.266 e. The molecule has 0 fully saturated rings. The van der Waals surface area contributed by atoms with Crippen molar-refractivity contribution in [1.29, 1.82) is 0 Å². The number of carbonyl (C=O) groups is 4. The molecule has 0 spiro atoms. The van der Waals surface area contributed by atoms with Crippen LogP contribution in [0.25, 0.3) is 0 Å². The first-order valence-electron chi connectivity index (χ1n) is 23.8. The van der Waals surface area contributed by atoms with Crippen molar-refractivity contribution in [1.82, 2.24) is 4.90 Å². The van der Waals surface area contributed by atoms with Gasteiger partial charge in [-0.05, 0) is 163 Å². The summed E-state index contributed by atoms with van der Waals surface area (Å²) in [4.78, 5) is 54.5. The van der Waals surface area contributed by atoms with Gasteiger partial charge in [0.05, 0.1) is 27.9 Å². The number of benzene rings is 8. The van der Waals surface area contributed by atoms with Crippen molar-refractivity contribution < 1.29 is 38.1 Å². The lowest BCUT2D eigenvalue weighted by Gasteiger charge is -2.28. The first-order valence-corrected chi connectivity index (χ1v) is 23.8. The summed E-state index contributed by atoms with van der Waals surface area (Å²) in [5.74, 6) is 3.44. The van der Waals surface area contributed by atoms with Crippen LogP contribution in [0, 0.1) is 20.8 Å². The van der Waals surface area contributed by atoms with Crippen LogP contribution in [0.1, 0.15) is 108 Å². The molecule has 2 aliphatic rings. The summed E-state index contributed by atoms with van der Waals surface area (Å²) < 4.78 is 24.8. The molecule has 8 aromatic rings. The molecule has 0 aliphatic carbocycles. The van der Waals surface area contributed by atoms with Gasteiger partial charge in [-0.1, -0.05) is 93.9 Å². The van der Waals surface area contributed by atoms with Crippen molar-refractivity contribution in [3.05, 3.63) is 231 Å². The summed E-state index contributed by atoms with van der Waals surface area (Å²) in [5, 5.41) is 0. The Kier molecular flexibility index (Phi) is 11.9. The number of carbonyl (C=O) groups excluding carboxylic acids is 4. The van der Waals surface area contributed by atoms with Gasteiger partial charge in [0.15, 0.2) is 0 Å². The average Bonchev–Trinajstić information content (AvgIpc) is 3.75. The molecule has 0 atom stereocenters. The molecule has 0 aromatic heterocycles. The van der Waals surface area contributed by atoms with Crippen LogP contribution in [0.15, 0.2) is 170 Å². The quantitative estimate of drug-likeness (QED) is 0.105. The van der Waals surface area contributed by atoms with E-state index in [2.05, 4.69) is 65.8 Å². The van der Waals surface area contributed by atoms with Gasteiger partial charge >= 0.3 is 0 Å². The number of ether oxygens (including phenoxy) is 4. The van der Waals surface area contributed by atoms with Crippen molar-refractivity contribution >= 4 is 29.3 Å². The minimum atomic E-state index is -0.438. The zero-order chi connectivity index (χ0) is 50.6. The summed E-state index contributed by atoms with van der Waals surface area (Å²) in [5.41, 5.74) is 8.62. The van der Waals surface area contributed by atoms with Crippen molar-refractivity contribution in [2.45, 2.75) is 59.3 Å². The maximum absolute atomic E-state index is 13.8. The molecule has 10 nitrogen and oxygen atoms in total. The summed E-state index contributed by atoms with van der Waals surface area (Å²) in [6, 6.07) is 52.9. The number of fused-ring (bicyclic) bond motifs is 2. The molecule has 358 valence electrons. The van der Waals surface area contributed by atoms with Crippen LogP contribution in [0.5, 0.6) is 46.0 Å². The zero-order valence-electron chi connectivity index (χ0n) is 41.3. The summed E-state index contributed by atoms with van der Waals surface area (Å²) in [6.07, 6.45) is 0. The van der Waals surface area contributed by atoms with Gasteiger partial charge < -0.3 is 18.9 Å². The number of hydrogen-bond donors (Lipinski definition) is 0. The second-order valence-corrected chi connectivity index (χ2v) is 19.5. The molecule has 10 heteroatoms. The lowest BCUT2D eigenvalue weighted by molar-refractivity contribution is 0.0692. The van der Waals surface area contributed by atoms with Gasteiger partial charge in [0.25, 0.3) is 23.6 Å². The molecule has 0 unspecified atom stereocenters. The van der Waals surface area contributed by atoms with Gasteiger partial charge in [-0.3, -0.25) is 24.1 Å². The van der Waals surface area contributed by atoms with E-state index in [0.717, 1.165) is 44.2 Å². The Labute approximate surface area is 419 Å². The third-order valence-corrected chi connectivity index (χ3v) is 13.9. The van der Waals surface area contributed by atoms with Gasteiger partial charge in [-0.15, -0.1) is 0 Å². The Hall–Kier alpha value is -8.76. The molecule has 2 aliphatic heterocycles. The number of aryl methyl sites for hydroxylation is 3. The van der Waals surface area contributed by atoms with Gasteiger partial charge in [0.2, 0.25) is 0 Å². The standard InChI is InChI=1S/C62H52N2O8/c1-37-9-19-47(20-10-37)71-55-31-15-42(33-38(55)2)62(6,7)43-16-32-56(39(3)34-43)72-48-25-17-44(18-26-48)64-59(67)52-30-28-50(36-54(52)60(64)68)70-46-23-13-41(14-24-46)61(4,5)40-11-21-45(22-12-40)69-49-27-29-51-53(35-49)58(66)63(8)57(51)65/h9-36H,1-8H3. The number of imide groups is 2. The lowest BCUT2D eigenvalue weighted by Crippen LogP contribution is -2.29. The second-order valence-electron chi connectivity index (χ2n) is 19.5. The Morgan fingerprint density at radius 3 is 1.17 bits per heavy atom. The highest BCUT2D eigenvalue weighted by molar-refractivity contribution is 6.34. The summed E-state index contributed by atoms with van der Waals surface area (Å²) in [6.45, 7) is 14.8. The monoisotopic (exact) mass is 952 g/mol. The van der Waals surface area contributed by atoms with E-state index in [0.29, 0.717) is 56.9 Å². The number of anilines is 1. The van der Waals surface area contributed by atoms with Crippen molar-refractivity contribution in [2.24, 2.45) is 0 Å². The zero-order valence-corrected chi connectivity index (χ0v) is 41.3. The largest absolute Gasteiger partial charge is 0.457 e. The normalized spacial score (nSPS) is 13.3. The van der Waals surface area contributed by atoms with Gasteiger partial charge in [-0.25, -0.2) is 4.90 Å². The SMILES string of the molecule is Cc1ccc(Oc2ccc(C(C)(C)c3ccc(Oc4ccc(N5C(=O)c6ccc(Oc7ccc(C(C)(C)c8ccc(Oc9ccc%10c(c9)C(=O)N(C)C%10=O)cc8)cc7)cc6C5=O)cc4)c(C)c3)cc2C)cc1. The van der Waals surface area contributed by atoms with E-state index in [1.165, 1.54) is 23.1 Å². The van der Waals surface area contributed by atoms with Crippen LogP contribution in [0.4, 0.5) is 5.69 Å². The second kappa shape index (κ2) is 18.2. The molecule has 0 saturated heterocycles. The van der Waals surface area contributed by atoms with Gasteiger partial charge in [-0.2, -0.15) is 0 Å². The van der Waals surface area contributed by atoms with E-state index in [-0.39, 0.29) is 28.2 Å². The molecule has 10 rings (SSSR count). The van der Waals surface area contributed by atoms with E-state index in [9.17, 15) is 19.2 Å². The predicted molar refractivity (Wildman–Crippen MR) is 278 cm³/mol. The number of hydrogen-bond acceptors (Lipinski definition) is 8. The van der Waals surface area contributed by atoms with Crippen LogP contribution < -0.4 is 23.8 Å². The van der Waals surface area contributed by atoms with E-state index in [1.807, 2.05) is 91.9 Å². The molecule has 0 N–H and O–H groups in total. The fourth-order valence-electron chi connectivity index (χ4n) is 9.24. The van der Waals surface area contributed by atoms with E-state index in [1.54, 1.807) is 60.7 Å². The molecular weight excluding hydrogens is 901 g/mol. The third-order valence-electron chi connectivity index (χ3n) is 13.9.